The van der Waals surface area contributed by atoms with Gasteiger partial charge in [0.1, 0.15) is 5.75 Å². The average molecular weight is 518 g/mol. The molecule has 1 aliphatic carbocycles. The van der Waals surface area contributed by atoms with Crippen molar-refractivity contribution in [2.75, 3.05) is 13.7 Å². The van der Waals surface area contributed by atoms with E-state index in [-0.39, 0.29) is 17.6 Å². The number of hydrogen-bond acceptors (Lipinski definition) is 4. The van der Waals surface area contributed by atoms with E-state index in [1.807, 2.05) is 66.7 Å². The van der Waals surface area contributed by atoms with Crippen molar-refractivity contribution in [2.24, 2.45) is 11.8 Å². The molecule has 0 radical (unpaired) electrons. The van der Waals surface area contributed by atoms with E-state index in [9.17, 15) is 9.90 Å². The normalized spacial score (nSPS) is 25.5. The van der Waals surface area contributed by atoms with Gasteiger partial charge in [0.05, 0.1) is 18.8 Å². The summed E-state index contributed by atoms with van der Waals surface area (Å²) in [7, 11) is 1.65. The fraction of sp³-hybridized carbons (Fsp3) is 0.286. The lowest BCUT2D eigenvalue weighted by molar-refractivity contribution is -0.125. The van der Waals surface area contributed by atoms with Crippen LogP contribution in [0.4, 0.5) is 0 Å². The third-order valence-electron chi connectivity index (χ3n) is 9.15. The fourth-order valence-electron chi connectivity index (χ4n) is 7.44. The van der Waals surface area contributed by atoms with E-state index >= 15 is 0 Å². The Morgan fingerprint density at radius 2 is 1.38 bits per heavy atom. The highest BCUT2D eigenvalue weighted by Gasteiger charge is 2.63. The molecule has 198 valence electrons. The van der Waals surface area contributed by atoms with Gasteiger partial charge >= 0.3 is 0 Å². The molecule has 1 aliphatic heterocycles. The van der Waals surface area contributed by atoms with Crippen LogP contribution in [-0.4, -0.2) is 30.6 Å². The Morgan fingerprint density at radius 1 is 0.821 bits per heavy atom. The summed E-state index contributed by atoms with van der Waals surface area (Å²) in [6.45, 7) is 0.547. The van der Waals surface area contributed by atoms with Crippen molar-refractivity contribution in [1.29, 1.82) is 0 Å². The molecule has 4 aromatic rings. The molecular formula is C35H35NO3. The third-order valence-corrected chi connectivity index (χ3v) is 9.15. The average Bonchev–Trinajstić information content (AvgIpc) is 3.46. The second-order valence-electron chi connectivity index (χ2n) is 11.0. The first-order valence-corrected chi connectivity index (χ1v) is 13.8. The van der Waals surface area contributed by atoms with E-state index in [0.717, 1.165) is 11.1 Å². The minimum atomic E-state index is -1.14. The van der Waals surface area contributed by atoms with Crippen LogP contribution in [0, 0.1) is 11.8 Å². The van der Waals surface area contributed by atoms with Crippen molar-refractivity contribution >= 4 is 5.78 Å². The summed E-state index contributed by atoms with van der Waals surface area (Å²) in [4.78, 5) is 14.1. The molecule has 0 aromatic heterocycles. The SMILES string of the molecule is COc1ccccc1[C@]1(O)CCC(c2ccccc2)(c2ccccc2)[C@H]2C(C(=O)Cc3ccccc3)NC[C@H]21. The standard InChI is InChI=1S/C35H35NO3/c1-39-31-20-12-11-19-28(31)35(38)22-21-34(26-15-7-3-8-16-26,27-17-9-4-10-18-27)32-29(35)24-36-33(32)30(37)23-25-13-5-2-6-14-25/h2-20,29,32-33,36,38H,21-24H2,1H3/t29-,32-,33?,35-/m1/s1. The van der Waals surface area contributed by atoms with Gasteiger partial charge in [0.25, 0.3) is 0 Å². The van der Waals surface area contributed by atoms with E-state index in [4.69, 9.17) is 4.74 Å². The van der Waals surface area contributed by atoms with Crippen LogP contribution in [0.5, 0.6) is 5.75 Å². The molecule has 1 saturated carbocycles. The predicted octanol–water partition coefficient (Wildman–Crippen LogP) is 5.68. The number of para-hydroxylation sites is 1. The lowest BCUT2D eigenvalue weighted by atomic mass is 9.50. The van der Waals surface area contributed by atoms with E-state index in [1.54, 1.807) is 7.11 Å². The number of ether oxygens (including phenoxy) is 1. The molecule has 0 spiro atoms. The summed E-state index contributed by atoms with van der Waals surface area (Å²) < 4.78 is 5.74. The maximum atomic E-state index is 14.1. The van der Waals surface area contributed by atoms with Gasteiger partial charge in [0.2, 0.25) is 0 Å². The van der Waals surface area contributed by atoms with Gasteiger partial charge in [-0.15, -0.1) is 0 Å². The Bertz CT molecular complexity index is 1380. The highest BCUT2D eigenvalue weighted by molar-refractivity contribution is 5.87. The molecule has 4 heteroatoms. The number of carbonyl (C=O) groups is 1. The smallest absolute Gasteiger partial charge is 0.154 e. The van der Waals surface area contributed by atoms with Crippen LogP contribution in [0.15, 0.2) is 115 Å². The molecular weight excluding hydrogens is 482 g/mol. The lowest BCUT2D eigenvalue weighted by Gasteiger charge is -2.54. The molecule has 39 heavy (non-hydrogen) atoms. The van der Waals surface area contributed by atoms with Crippen molar-refractivity contribution < 1.29 is 14.6 Å². The van der Waals surface area contributed by atoms with Crippen LogP contribution in [0.1, 0.15) is 35.1 Å². The van der Waals surface area contributed by atoms with Crippen LogP contribution in [-0.2, 0) is 22.2 Å². The summed E-state index contributed by atoms with van der Waals surface area (Å²) in [5, 5.41) is 16.2. The second kappa shape index (κ2) is 10.4. The molecule has 6 rings (SSSR count). The van der Waals surface area contributed by atoms with Gasteiger partial charge in [-0.3, -0.25) is 4.79 Å². The molecule has 4 aromatic carbocycles. The van der Waals surface area contributed by atoms with Gasteiger partial charge in [-0.1, -0.05) is 109 Å². The summed E-state index contributed by atoms with van der Waals surface area (Å²) in [6, 6.07) is 38.5. The molecule has 2 aliphatic rings. The Balaban J connectivity index is 1.53. The molecule has 2 fully saturated rings. The summed E-state index contributed by atoms with van der Waals surface area (Å²) >= 11 is 0. The first-order chi connectivity index (χ1) is 19.1. The van der Waals surface area contributed by atoms with Crippen molar-refractivity contribution in [3.05, 3.63) is 138 Å². The molecule has 0 amide bonds. The number of aliphatic hydroxyl groups is 1. The van der Waals surface area contributed by atoms with Gasteiger partial charge in [-0.25, -0.2) is 0 Å². The first-order valence-electron chi connectivity index (χ1n) is 13.8. The number of benzene rings is 4. The predicted molar refractivity (Wildman–Crippen MR) is 154 cm³/mol. The molecule has 0 bridgehead atoms. The number of hydrogen-bond donors (Lipinski definition) is 2. The zero-order chi connectivity index (χ0) is 26.9. The molecule has 2 N–H and O–H groups in total. The van der Waals surface area contributed by atoms with Crippen molar-refractivity contribution in [3.63, 3.8) is 0 Å². The number of fused-ring (bicyclic) bond motifs is 1. The van der Waals surface area contributed by atoms with Gasteiger partial charge in [0.15, 0.2) is 5.78 Å². The third kappa shape index (κ3) is 4.28. The van der Waals surface area contributed by atoms with Gasteiger partial charge in [0, 0.05) is 35.8 Å². The topological polar surface area (TPSA) is 58.6 Å². The molecule has 4 nitrogen and oxygen atoms in total. The number of rotatable bonds is 7. The lowest BCUT2D eigenvalue weighted by Crippen LogP contribution is -2.56. The van der Waals surface area contributed by atoms with E-state index in [1.165, 1.54) is 11.1 Å². The second-order valence-corrected chi connectivity index (χ2v) is 11.0. The zero-order valence-corrected chi connectivity index (χ0v) is 22.3. The van der Waals surface area contributed by atoms with Gasteiger partial charge in [-0.05, 0) is 35.6 Å². The van der Waals surface area contributed by atoms with Gasteiger partial charge in [-0.2, -0.15) is 0 Å². The van der Waals surface area contributed by atoms with E-state index < -0.39 is 17.1 Å². The first kappa shape index (κ1) is 25.5. The van der Waals surface area contributed by atoms with Crippen LogP contribution >= 0.6 is 0 Å². The summed E-state index contributed by atoms with van der Waals surface area (Å²) in [5.74, 6) is 0.480. The van der Waals surface area contributed by atoms with Crippen LogP contribution < -0.4 is 10.1 Å². The Hall–Kier alpha value is -3.73. The molecule has 1 saturated heterocycles. The maximum Gasteiger partial charge on any atom is 0.154 e. The number of nitrogens with one attached hydrogen (secondary N) is 1. The summed E-state index contributed by atoms with van der Waals surface area (Å²) in [6.07, 6.45) is 1.61. The Kier molecular flexibility index (Phi) is 6.84. The monoisotopic (exact) mass is 517 g/mol. The Labute approximate surface area is 230 Å². The van der Waals surface area contributed by atoms with Crippen molar-refractivity contribution in [1.82, 2.24) is 5.32 Å². The highest BCUT2D eigenvalue weighted by atomic mass is 16.5. The zero-order valence-electron chi connectivity index (χ0n) is 22.3. The minimum Gasteiger partial charge on any atom is -0.496 e. The van der Waals surface area contributed by atoms with Gasteiger partial charge < -0.3 is 15.2 Å². The molecule has 4 atom stereocenters. The molecule has 1 unspecified atom stereocenters. The van der Waals surface area contributed by atoms with Crippen LogP contribution in [0.2, 0.25) is 0 Å². The van der Waals surface area contributed by atoms with Crippen LogP contribution in [0.25, 0.3) is 0 Å². The minimum absolute atomic E-state index is 0.161. The van der Waals surface area contributed by atoms with Crippen molar-refractivity contribution in [3.8, 4) is 5.75 Å². The maximum absolute atomic E-state index is 14.1. The number of ketones is 1. The fourth-order valence-corrected chi connectivity index (χ4v) is 7.44. The van der Waals surface area contributed by atoms with Crippen molar-refractivity contribution in [2.45, 2.75) is 36.3 Å². The number of carbonyl (C=O) groups excluding carboxylic acids is 1. The Morgan fingerprint density at radius 3 is 2.00 bits per heavy atom. The quantitative estimate of drug-likeness (QED) is 0.331. The summed E-state index contributed by atoms with van der Waals surface area (Å²) in [5.41, 5.74) is 2.61. The molecule has 1 heterocycles. The van der Waals surface area contributed by atoms with E-state index in [0.29, 0.717) is 31.6 Å². The largest absolute Gasteiger partial charge is 0.496 e. The highest BCUT2D eigenvalue weighted by Crippen LogP contribution is 2.60. The van der Waals surface area contributed by atoms with Crippen LogP contribution in [0.3, 0.4) is 0 Å². The van der Waals surface area contributed by atoms with E-state index in [2.05, 4.69) is 53.8 Å². The number of methoxy groups -OCH3 is 1. The number of Topliss-reactive ketones (excluding diaryl/α,β-unsaturated/α-hetero) is 1.